The van der Waals surface area contributed by atoms with E-state index in [1.807, 2.05) is 53.6 Å². The summed E-state index contributed by atoms with van der Waals surface area (Å²) in [6.45, 7) is 5.18. The Labute approximate surface area is 214 Å². The Bertz CT molecular complexity index is 1480. The van der Waals surface area contributed by atoms with E-state index in [1.165, 1.54) is 6.08 Å². The number of rotatable bonds is 5. The summed E-state index contributed by atoms with van der Waals surface area (Å²) < 4.78 is 2.06. The fourth-order valence-electron chi connectivity index (χ4n) is 5.90. The first-order valence-corrected chi connectivity index (χ1v) is 12.5. The minimum Gasteiger partial charge on any atom is -0.382 e. The third-order valence-corrected chi connectivity index (χ3v) is 7.66. The average molecular weight is 493 g/mol. The van der Waals surface area contributed by atoms with Gasteiger partial charge < -0.3 is 16.0 Å². The minimum atomic E-state index is -0.171. The van der Waals surface area contributed by atoms with E-state index in [9.17, 15) is 9.59 Å². The summed E-state index contributed by atoms with van der Waals surface area (Å²) in [5.41, 5.74) is 10.1. The zero-order valence-electron chi connectivity index (χ0n) is 20.4. The minimum absolute atomic E-state index is 0.0132. The number of para-hydroxylation sites is 1. The van der Waals surface area contributed by atoms with Crippen molar-refractivity contribution in [1.82, 2.24) is 19.3 Å². The Balaban J connectivity index is 1.27. The first kappa shape index (κ1) is 23.0. The Kier molecular flexibility index (Phi) is 5.71. The van der Waals surface area contributed by atoms with Crippen LogP contribution < -0.4 is 11.1 Å². The Hall–Kier alpha value is -4.46. The third-order valence-electron chi connectivity index (χ3n) is 7.66. The predicted molar refractivity (Wildman–Crippen MR) is 143 cm³/mol. The first-order chi connectivity index (χ1) is 18.0. The molecule has 37 heavy (non-hydrogen) atoms. The zero-order chi connectivity index (χ0) is 25.5. The van der Waals surface area contributed by atoms with Crippen molar-refractivity contribution in [3.8, 4) is 11.3 Å². The van der Waals surface area contributed by atoms with Gasteiger partial charge in [-0.15, -0.1) is 0 Å². The fraction of sp³-hybridized carbons (Fsp3) is 0.241. The summed E-state index contributed by atoms with van der Waals surface area (Å²) in [6.07, 6.45) is 6.98. The van der Waals surface area contributed by atoms with Crippen LogP contribution in [0.1, 0.15) is 34.9 Å². The predicted octanol–water partition coefficient (Wildman–Crippen LogP) is 4.37. The van der Waals surface area contributed by atoms with Crippen LogP contribution in [0.4, 0.5) is 11.5 Å². The lowest BCUT2D eigenvalue weighted by Crippen LogP contribution is -2.28. The number of nitrogens with one attached hydrogen (secondary N) is 1. The second-order valence-electron chi connectivity index (χ2n) is 9.88. The van der Waals surface area contributed by atoms with E-state index < -0.39 is 0 Å². The highest BCUT2D eigenvalue weighted by Gasteiger charge is 2.43. The molecule has 1 saturated carbocycles. The Morgan fingerprint density at radius 1 is 1.03 bits per heavy atom. The van der Waals surface area contributed by atoms with Gasteiger partial charge in [-0.3, -0.25) is 14.0 Å². The average Bonchev–Trinajstić information content (AvgIpc) is 3.61. The lowest BCUT2D eigenvalue weighted by atomic mass is 10.0. The molecule has 1 aliphatic carbocycles. The second-order valence-corrected chi connectivity index (χ2v) is 9.88. The van der Waals surface area contributed by atoms with E-state index in [2.05, 4.69) is 21.3 Å². The standard InChI is InChI=1S/C29H28N6O2/c1-2-24(36)34-16-21-14-20(15-22(21)17-34)28-33-25(26-27(30)31-12-13-35(26)28)18-8-10-19(11-9-18)29(37)32-23-6-4-3-5-7-23/h2-13,20-22H,1,14-17H2,(H2,30,31)(H,32,37). The smallest absolute Gasteiger partial charge is 0.255 e. The number of nitrogens with zero attached hydrogens (tertiary/aromatic N) is 4. The molecule has 2 aromatic carbocycles. The van der Waals surface area contributed by atoms with Crippen LogP contribution >= 0.6 is 0 Å². The number of benzene rings is 2. The van der Waals surface area contributed by atoms with E-state index >= 15 is 0 Å². The highest BCUT2D eigenvalue weighted by Crippen LogP contribution is 2.47. The largest absolute Gasteiger partial charge is 0.382 e. The van der Waals surface area contributed by atoms with Crippen molar-refractivity contribution in [2.45, 2.75) is 18.8 Å². The van der Waals surface area contributed by atoms with Crippen LogP contribution in [0.2, 0.25) is 0 Å². The lowest BCUT2D eigenvalue weighted by Gasteiger charge is -2.17. The van der Waals surface area contributed by atoms with Gasteiger partial charge in [-0.2, -0.15) is 0 Å². The molecule has 2 unspecified atom stereocenters. The number of carbonyl (C=O) groups is 2. The normalized spacial score (nSPS) is 20.6. The number of likely N-dealkylation sites (tertiary alicyclic amines) is 1. The third kappa shape index (κ3) is 4.14. The van der Waals surface area contributed by atoms with Crippen LogP contribution in [0.3, 0.4) is 0 Å². The molecule has 186 valence electrons. The summed E-state index contributed by atoms with van der Waals surface area (Å²) in [5, 5.41) is 2.91. The molecular weight excluding hydrogens is 464 g/mol. The molecule has 8 heteroatoms. The molecular formula is C29H28N6O2. The van der Waals surface area contributed by atoms with Crippen LogP contribution in [0, 0.1) is 11.8 Å². The summed E-state index contributed by atoms with van der Waals surface area (Å²) >= 11 is 0. The molecule has 2 aromatic heterocycles. The van der Waals surface area contributed by atoms with Gasteiger partial charge in [-0.1, -0.05) is 36.9 Å². The van der Waals surface area contributed by atoms with Crippen molar-refractivity contribution in [3.05, 3.63) is 91.0 Å². The van der Waals surface area contributed by atoms with Gasteiger partial charge >= 0.3 is 0 Å². The molecule has 2 amide bonds. The van der Waals surface area contributed by atoms with Crippen LogP contribution in [0.5, 0.6) is 0 Å². The first-order valence-electron chi connectivity index (χ1n) is 12.5. The summed E-state index contributed by atoms with van der Waals surface area (Å²) in [6, 6.07) is 16.8. The number of imidazole rings is 1. The Morgan fingerprint density at radius 3 is 2.41 bits per heavy atom. The molecule has 1 saturated heterocycles. The fourth-order valence-corrected chi connectivity index (χ4v) is 5.90. The van der Waals surface area contributed by atoms with Crippen molar-refractivity contribution in [2.75, 3.05) is 24.1 Å². The van der Waals surface area contributed by atoms with Crippen molar-refractivity contribution >= 4 is 28.8 Å². The van der Waals surface area contributed by atoms with Gasteiger partial charge in [0.05, 0.1) is 0 Å². The number of fused-ring (bicyclic) bond motifs is 2. The van der Waals surface area contributed by atoms with Gasteiger partial charge in [0.2, 0.25) is 5.91 Å². The molecule has 3 N–H and O–H groups in total. The molecule has 4 aromatic rings. The number of nitrogen functional groups attached to an aromatic ring is 1. The number of nitrogens with two attached hydrogens (primary N) is 1. The van der Waals surface area contributed by atoms with Gasteiger partial charge in [0.15, 0.2) is 0 Å². The van der Waals surface area contributed by atoms with Crippen molar-refractivity contribution in [3.63, 3.8) is 0 Å². The van der Waals surface area contributed by atoms with E-state index in [1.54, 1.807) is 18.3 Å². The maximum atomic E-state index is 12.7. The number of amides is 2. The summed E-state index contributed by atoms with van der Waals surface area (Å²) in [5.74, 6) is 2.44. The highest BCUT2D eigenvalue weighted by molar-refractivity contribution is 6.04. The van der Waals surface area contributed by atoms with Gasteiger partial charge in [0.25, 0.3) is 5.91 Å². The molecule has 0 bridgehead atoms. The maximum Gasteiger partial charge on any atom is 0.255 e. The molecule has 2 aliphatic rings. The van der Waals surface area contributed by atoms with Gasteiger partial charge in [-0.25, -0.2) is 9.97 Å². The van der Waals surface area contributed by atoms with Crippen molar-refractivity contribution < 1.29 is 9.59 Å². The molecule has 6 rings (SSSR count). The molecule has 0 radical (unpaired) electrons. The summed E-state index contributed by atoms with van der Waals surface area (Å²) in [4.78, 5) is 36.1. The molecule has 2 atom stereocenters. The number of aromatic nitrogens is 3. The van der Waals surface area contributed by atoms with Crippen LogP contribution in [-0.4, -0.2) is 44.2 Å². The van der Waals surface area contributed by atoms with Gasteiger partial charge in [0.1, 0.15) is 22.9 Å². The molecule has 2 fully saturated rings. The number of hydrogen-bond acceptors (Lipinski definition) is 5. The molecule has 3 heterocycles. The quantitative estimate of drug-likeness (QED) is 0.403. The zero-order valence-corrected chi connectivity index (χ0v) is 20.4. The topological polar surface area (TPSA) is 106 Å². The number of hydrogen-bond donors (Lipinski definition) is 2. The van der Waals surface area contributed by atoms with Gasteiger partial charge in [-0.05, 0) is 55.0 Å². The van der Waals surface area contributed by atoms with Crippen LogP contribution in [0.25, 0.3) is 16.8 Å². The number of anilines is 2. The molecule has 1 aliphatic heterocycles. The lowest BCUT2D eigenvalue weighted by molar-refractivity contribution is -0.125. The van der Waals surface area contributed by atoms with E-state index in [-0.39, 0.29) is 17.7 Å². The maximum absolute atomic E-state index is 12.7. The van der Waals surface area contributed by atoms with Gasteiger partial charge in [0, 0.05) is 48.2 Å². The van der Waals surface area contributed by atoms with Crippen molar-refractivity contribution in [1.29, 1.82) is 0 Å². The molecule has 0 spiro atoms. The summed E-state index contributed by atoms with van der Waals surface area (Å²) in [7, 11) is 0. The highest BCUT2D eigenvalue weighted by atomic mass is 16.2. The SMILES string of the molecule is C=CC(=O)N1CC2CC(c3nc(-c4ccc(C(=O)Nc5ccccc5)cc4)c4c(N)nccn34)CC2C1. The molecule has 8 nitrogen and oxygen atoms in total. The van der Waals surface area contributed by atoms with Crippen LogP contribution in [0.15, 0.2) is 79.6 Å². The van der Waals surface area contributed by atoms with E-state index in [0.29, 0.717) is 23.2 Å². The number of carbonyl (C=O) groups excluding carboxylic acids is 2. The van der Waals surface area contributed by atoms with Crippen molar-refractivity contribution in [2.24, 2.45) is 11.8 Å². The van der Waals surface area contributed by atoms with E-state index in [0.717, 1.165) is 54.2 Å². The second kappa shape index (κ2) is 9.20. The van der Waals surface area contributed by atoms with E-state index in [4.69, 9.17) is 10.7 Å². The monoisotopic (exact) mass is 492 g/mol. The Morgan fingerprint density at radius 2 is 1.73 bits per heavy atom. The van der Waals surface area contributed by atoms with Crippen LogP contribution in [-0.2, 0) is 4.79 Å².